The van der Waals surface area contributed by atoms with Crippen LogP contribution in [-0.2, 0) is 21.7 Å². The van der Waals surface area contributed by atoms with Gasteiger partial charge in [0.05, 0.1) is 11.8 Å². The number of rotatable bonds is 3. The smallest absolute Gasteiger partial charge is 0.157 e. The molecular weight excluding hydrogens is 288 g/mol. The molecule has 5 heteroatoms. The van der Waals surface area contributed by atoms with E-state index in [1.165, 1.54) is 12.1 Å². The molecule has 91 valence electrons. The molecule has 0 amide bonds. The summed E-state index contributed by atoms with van der Waals surface area (Å²) in [5.41, 5.74) is 1.91. The van der Waals surface area contributed by atoms with Crippen LogP contribution in [0.25, 0.3) is 0 Å². The minimum Gasteiger partial charge on any atom is -0.354 e. The Bertz CT molecular complexity index is 532. The molecule has 0 aliphatic carbocycles. The van der Waals surface area contributed by atoms with Crippen LogP contribution in [0.5, 0.6) is 0 Å². The Morgan fingerprint density at radius 2 is 1.78 bits per heavy atom. The van der Waals surface area contributed by atoms with E-state index in [0.717, 1.165) is 16.2 Å². The van der Waals surface area contributed by atoms with Crippen LogP contribution in [0, 0.1) is 17.7 Å². The van der Waals surface area contributed by atoms with E-state index in [1.807, 2.05) is 36.4 Å². The van der Waals surface area contributed by atoms with E-state index < -0.39 is 11.6 Å². The van der Waals surface area contributed by atoms with Gasteiger partial charge in [-0.1, -0.05) is 18.2 Å². The first-order valence-electron chi connectivity index (χ1n) is 4.97. The van der Waals surface area contributed by atoms with Crippen molar-refractivity contribution in [3.05, 3.63) is 60.2 Å². The molecule has 1 N–H and O–H groups in total. The van der Waals surface area contributed by atoms with Gasteiger partial charge in [-0.2, -0.15) is 11.4 Å². The van der Waals surface area contributed by atoms with E-state index in [1.54, 1.807) is 5.49 Å². The first kappa shape index (κ1) is 15.1. The fourth-order valence-corrected chi connectivity index (χ4v) is 1.94. The zero-order valence-corrected chi connectivity index (χ0v) is 11.8. The van der Waals surface area contributed by atoms with Crippen LogP contribution in [0.4, 0.5) is 14.5 Å². The molecule has 0 spiro atoms. The molecule has 1 radical (unpaired) electrons. The monoisotopic (exact) mass is 298 g/mol. The molecule has 2 aromatic carbocycles. The second kappa shape index (κ2) is 7.46. The topological polar surface area (TPSA) is 12.0 Å². The summed E-state index contributed by atoms with van der Waals surface area (Å²) in [7, 11) is 0. The summed E-state index contributed by atoms with van der Waals surface area (Å²) < 4.78 is 25.8. The summed E-state index contributed by atoms with van der Waals surface area (Å²) in [6, 6.07) is 14.2. The number of thiol groups is 1. The number of hydrogen-bond acceptors (Lipinski definition) is 0. The SMILES string of the molecule is Fc1[c]c(F)c(NC=[SH]c2ccccc2)cc1.[Ti]. The average Bonchev–Trinajstić information content (AvgIpc) is 2.33. The summed E-state index contributed by atoms with van der Waals surface area (Å²) in [6.45, 7) is 0. The van der Waals surface area contributed by atoms with Crippen LogP contribution in [0.2, 0.25) is 0 Å². The van der Waals surface area contributed by atoms with Crippen LogP contribution in [0.3, 0.4) is 0 Å². The van der Waals surface area contributed by atoms with Gasteiger partial charge in [-0.15, -0.1) is 0 Å². The van der Waals surface area contributed by atoms with Crippen molar-refractivity contribution >= 4 is 22.5 Å². The maximum absolute atomic E-state index is 13.2. The van der Waals surface area contributed by atoms with Gasteiger partial charge in [0.2, 0.25) is 0 Å². The Morgan fingerprint density at radius 1 is 1.06 bits per heavy atom. The largest absolute Gasteiger partial charge is 0.354 e. The zero-order chi connectivity index (χ0) is 12.1. The van der Waals surface area contributed by atoms with Crippen LogP contribution in [-0.4, -0.2) is 5.49 Å². The van der Waals surface area contributed by atoms with Crippen LogP contribution in [0.1, 0.15) is 0 Å². The van der Waals surface area contributed by atoms with Crippen molar-refractivity contribution < 1.29 is 30.5 Å². The van der Waals surface area contributed by atoms with Crippen molar-refractivity contribution in [1.29, 1.82) is 0 Å². The van der Waals surface area contributed by atoms with Gasteiger partial charge in [0.1, 0.15) is 5.82 Å². The van der Waals surface area contributed by atoms with Crippen LogP contribution >= 0.6 is 11.4 Å². The summed E-state index contributed by atoms with van der Waals surface area (Å²) in [4.78, 5) is 1.09. The van der Waals surface area contributed by atoms with E-state index in [2.05, 4.69) is 5.32 Å². The van der Waals surface area contributed by atoms with E-state index >= 15 is 0 Å². The molecule has 1 nitrogen and oxygen atoms in total. The molecule has 0 saturated heterocycles. The van der Waals surface area contributed by atoms with Crippen molar-refractivity contribution in [2.24, 2.45) is 0 Å². The fourth-order valence-electron chi connectivity index (χ4n) is 1.25. The molecule has 0 aromatic heterocycles. The maximum Gasteiger partial charge on any atom is 0.157 e. The van der Waals surface area contributed by atoms with Crippen molar-refractivity contribution in [2.45, 2.75) is 4.90 Å². The fraction of sp³-hybridized carbons (Fsp3) is 0. The number of halogens is 2. The molecule has 0 aliphatic heterocycles. The molecule has 0 bridgehead atoms. The Kier molecular flexibility index (Phi) is 6.26. The average molecular weight is 298 g/mol. The van der Waals surface area contributed by atoms with E-state index in [9.17, 15) is 8.78 Å². The number of nitrogens with one attached hydrogen (secondary N) is 1. The normalized spacial score (nSPS) is 10.6. The number of anilines is 1. The summed E-state index contributed by atoms with van der Waals surface area (Å²) in [5, 5.41) is 2.78. The molecular formula is C13H10F2NSTi. The molecule has 0 fully saturated rings. The van der Waals surface area contributed by atoms with Crippen molar-refractivity contribution in [3.63, 3.8) is 0 Å². The van der Waals surface area contributed by atoms with Gasteiger partial charge >= 0.3 is 0 Å². The summed E-state index contributed by atoms with van der Waals surface area (Å²) in [6.07, 6.45) is 0. The zero-order valence-electron chi connectivity index (χ0n) is 9.32. The number of hydrogen-bond donors (Lipinski definition) is 2. The van der Waals surface area contributed by atoms with Crippen LogP contribution < -0.4 is 5.32 Å². The Balaban J connectivity index is 0.00000162. The summed E-state index contributed by atoms with van der Waals surface area (Å²) >= 11 is 0.915. The van der Waals surface area contributed by atoms with Crippen molar-refractivity contribution in [1.82, 2.24) is 0 Å². The Hall–Kier alpha value is -0.966. The molecule has 2 aromatic rings. The molecule has 18 heavy (non-hydrogen) atoms. The molecule has 0 heterocycles. The first-order chi connectivity index (χ1) is 8.25. The molecule has 0 unspecified atom stereocenters. The summed E-state index contributed by atoms with van der Waals surface area (Å²) in [5.74, 6) is -1.42. The van der Waals surface area contributed by atoms with E-state index in [0.29, 0.717) is 0 Å². The second-order valence-corrected chi connectivity index (χ2v) is 4.30. The predicted octanol–water partition coefficient (Wildman–Crippen LogP) is 3.46. The molecule has 2 rings (SSSR count). The predicted molar refractivity (Wildman–Crippen MR) is 68.6 cm³/mol. The van der Waals surface area contributed by atoms with Crippen molar-refractivity contribution in [2.75, 3.05) is 5.32 Å². The molecule has 0 aliphatic rings. The van der Waals surface area contributed by atoms with Gasteiger partial charge in [-0.25, -0.2) is 8.78 Å². The minimum atomic E-state index is -0.718. The Morgan fingerprint density at radius 3 is 2.44 bits per heavy atom. The van der Waals surface area contributed by atoms with E-state index in [-0.39, 0.29) is 27.4 Å². The maximum atomic E-state index is 13.2. The van der Waals surface area contributed by atoms with Gasteiger partial charge in [-0.3, -0.25) is 0 Å². The quantitative estimate of drug-likeness (QED) is 0.502. The van der Waals surface area contributed by atoms with Gasteiger partial charge in [0, 0.05) is 32.1 Å². The third kappa shape index (κ3) is 4.37. The van der Waals surface area contributed by atoms with Gasteiger partial charge in [0.15, 0.2) is 5.82 Å². The third-order valence-electron chi connectivity index (χ3n) is 2.05. The van der Waals surface area contributed by atoms with Gasteiger partial charge in [-0.05, 0) is 24.3 Å². The molecule has 0 atom stereocenters. The van der Waals surface area contributed by atoms with Crippen molar-refractivity contribution in [3.8, 4) is 0 Å². The minimum absolute atomic E-state index is 0. The molecule has 0 saturated carbocycles. The van der Waals surface area contributed by atoms with Gasteiger partial charge in [0.25, 0.3) is 0 Å². The van der Waals surface area contributed by atoms with Gasteiger partial charge < -0.3 is 5.32 Å². The standard InChI is InChI=1S/C13H10F2NS.Ti/c14-10-6-7-13(12(15)8-10)16-9-17-11-4-2-1-3-5-11;/h1-7,9,16-17H;. The number of benzene rings is 2. The van der Waals surface area contributed by atoms with Crippen LogP contribution in [0.15, 0.2) is 47.4 Å². The third-order valence-corrected chi connectivity index (χ3v) is 2.91. The first-order valence-corrected chi connectivity index (χ1v) is 5.93. The van der Waals surface area contributed by atoms with E-state index in [4.69, 9.17) is 0 Å². The second-order valence-electron chi connectivity index (χ2n) is 3.27. The Labute approximate surface area is 123 Å².